The Labute approximate surface area is 87.8 Å². The fraction of sp³-hybridized carbons (Fsp3) is 0.400. The van der Waals surface area contributed by atoms with Crippen molar-refractivity contribution >= 4 is 5.65 Å². The van der Waals surface area contributed by atoms with E-state index >= 15 is 0 Å². The van der Waals surface area contributed by atoms with E-state index in [1.54, 1.807) is 16.9 Å². The van der Waals surface area contributed by atoms with Crippen LogP contribution in [0.4, 0.5) is 0 Å². The van der Waals surface area contributed by atoms with Gasteiger partial charge in [-0.3, -0.25) is 0 Å². The SMILES string of the molecule is CCC(C)c1cc(ON)nn2ccnc12. The minimum Gasteiger partial charge on any atom is -0.390 e. The Bertz CT molecular complexity index is 465. The molecule has 80 valence electrons. The first-order valence-corrected chi connectivity index (χ1v) is 4.97. The average molecular weight is 206 g/mol. The molecular formula is C10H14N4O. The summed E-state index contributed by atoms with van der Waals surface area (Å²) in [4.78, 5) is 8.93. The molecule has 2 rings (SSSR count). The molecule has 0 aromatic carbocycles. The molecule has 0 aliphatic carbocycles. The Morgan fingerprint density at radius 1 is 1.60 bits per heavy atom. The highest BCUT2D eigenvalue weighted by Crippen LogP contribution is 2.24. The summed E-state index contributed by atoms with van der Waals surface area (Å²) in [6.45, 7) is 4.28. The van der Waals surface area contributed by atoms with Crippen molar-refractivity contribution in [2.45, 2.75) is 26.2 Å². The molecule has 2 heterocycles. The Morgan fingerprint density at radius 2 is 2.40 bits per heavy atom. The molecule has 0 aliphatic heterocycles. The van der Waals surface area contributed by atoms with Crippen molar-refractivity contribution in [1.82, 2.24) is 14.6 Å². The molecule has 1 atom stereocenters. The Morgan fingerprint density at radius 3 is 3.07 bits per heavy atom. The normalized spacial score (nSPS) is 13.0. The van der Waals surface area contributed by atoms with Crippen LogP contribution < -0.4 is 10.7 Å². The van der Waals surface area contributed by atoms with Gasteiger partial charge in [0.25, 0.3) is 5.88 Å². The first-order valence-electron chi connectivity index (χ1n) is 4.97. The van der Waals surface area contributed by atoms with Crippen LogP contribution >= 0.6 is 0 Å². The van der Waals surface area contributed by atoms with E-state index in [0.29, 0.717) is 11.8 Å². The third-order valence-electron chi connectivity index (χ3n) is 2.63. The van der Waals surface area contributed by atoms with Gasteiger partial charge in [-0.2, -0.15) is 5.90 Å². The van der Waals surface area contributed by atoms with Crippen LogP contribution in [0.5, 0.6) is 5.88 Å². The van der Waals surface area contributed by atoms with Crippen LogP contribution in [0.2, 0.25) is 0 Å². The van der Waals surface area contributed by atoms with Crippen molar-refractivity contribution < 1.29 is 4.84 Å². The van der Waals surface area contributed by atoms with E-state index in [0.717, 1.165) is 17.6 Å². The van der Waals surface area contributed by atoms with E-state index in [1.165, 1.54) is 0 Å². The lowest BCUT2D eigenvalue weighted by Gasteiger charge is -2.10. The van der Waals surface area contributed by atoms with Gasteiger partial charge in [0, 0.05) is 24.0 Å². The van der Waals surface area contributed by atoms with E-state index in [-0.39, 0.29) is 0 Å². The highest BCUT2D eigenvalue weighted by atomic mass is 16.6. The monoisotopic (exact) mass is 206 g/mol. The summed E-state index contributed by atoms with van der Waals surface area (Å²) in [5, 5.41) is 4.14. The quantitative estimate of drug-likeness (QED) is 0.773. The van der Waals surface area contributed by atoms with Crippen LogP contribution in [-0.4, -0.2) is 14.6 Å². The fourth-order valence-corrected chi connectivity index (χ4v) is 1.56. The molecule has 2 aromatic heterocycles. The third-order valence-corrected chi connectivity index (χ3v) is 2.63. The highest BCUT2D eigenvalue weighted by Gasteiger charge is 2.12. The predicted molar refractivity (Wildman–Crippen MR) is 56.5 cm³/mol. The molecule has 2 aromatic rings. The number of aromatic nitrogens is 3. The number of imidazole rings is 1. The maximum atomic E-state index is 5.12. The molecule has 0 radical (unpaired) electrons. The minimum absolute atomic E-state index is 0.409. The summed E-state index contributed by atoms with van der Waals surface area (Å²) in [5.74, 6) is 5.95. The highest BCUT2D eigenvalue weighted by molar-refractivity contribution is 5.49. The van der Waals surface area contributed by atoms with Gasteiger partial charge >= 0.3 is 0 Å². The van der Waals surface area contributed by atoms with Gasteiger partial charge in [-0.15, -0.1) is 5.10 Å². The van der Waals surface area contributed by atoms with Gasteiger partial charge in [-0.1, -0.05) is 13.8 Å². The lowest BCUT2D eigenvalue weighted by atomic mass is 10.0. The topological polar surface area (TPSA) is 65.4 Å². The molecule has 0 fully saturated rings. The Balaban J connectivity index is 2.63. The molecule has 5 heteroatoms. The van der Waals surface area contributed by atoms with Gasteiger partial charge in [-0.05, 0) is 12.3 Å². The zero-order chi connectivity index (χ0) is 10.8. The maximum Gasteiger partial charge on any atom is 0.255 e. The van der Waals surface area contributed by atoms with Crippen molar-refractivity contribution in [2.24, 2.45) is 5.90 Å². The van der Waals surface area contributed by atoms with Gasteiger partial charge in [-0.25, -0.2) is 9.50 Å². The number of nitrogens with zero attached hydrogens (tertiary/aromatic N) is 3. The van der Waals surface area contributed by atoms with Gasteiger partial charge in [0.1, 0.15) is 0 Å². The van der Waals surface area contributed by atoms with Gasteiger partial charge < -0.3 is 4.84 Å². The summed E-state index contributed by atoms with van der Waals surface area (Å²) < 4.78 is 1.68. The predicted octanol–water partition coefficient (Wildman–Crippen LogP) is 1.50. The Kier molecular flexibility index (Phi) is 2.55. The first-order chi connectivity index (χ1) is 7.26. The zero-order valence-corrected chi connectivity index (χ0v) is 8.84. The van der Waals surface area contributed by atoms with Crippen LogP contribution in [0.15, 0.2) is 18.5 Å². The summed E-state index contributed by atoms with van der Waals surface area (Å²) >= 11 is 0. The summed E-state index contributed by atoms with van der Waals surface area (Å²) in [6, 6.07) is 1.84. The van der Waals surface area contributed by atoms with E-state index in [4.69, 9.17) is 5.90 Å². The largest absolute Gasteiger partial charge is 0.390 e. The zero-order valence-electron chi connectivity index (χ0n) is 8.84. The smallest absolute Gasteiger partial charge is 0.255 e. The minimum atomic E-state index is 0.409. The summed E-state index contributed by atoms with van der Waals surface area (Å²) in [6.07, 6.45) is 4.54. The van der Waals surface area contributed by atoms with Crippen LogP contribution in [0.1, 0.15) is 31.7 Å². The maximum absolute atomic E-state index is 5.12. The standard InChI is InChI=1S/C10H14N4O/c1-3-7(2)8-6-9(15-11)13-14-5-4-12-10(8)14/h4-7H,3,11H2,1-2H3. The molecule has 0 saturated heterocycles. The molecule has 2 N–H and O–H groups in total. The number of hydrogen-bond acceptors (Lipinski definition) is 4. The lowest BCUT2D eigenvalue weighted by molar-refractivity contribution is 0.314. The van der Waals surface area contributed by atoms with Gasteiger partial charge in [0.15, 0.2) is 5.65 Å². The molecule has 0 bridgehead atoms. The average Bonchev–Trinajstić information content (AvgIpc) is 2.74. The van der Waals surface area contributed by atoms with Crippen molar-refractivity contribution in [3.8, 4) is 5.88 Å². The summed E-state index contributed by atoms with van der Waals surface area (Å²) in [5.41, 5.74) is 1.98. The molecule has 15 heavy (non-hydrogen) atoms. The molecule has 0 saturated carbocycles. The van der Waals surface area contributed by atoms with Crippen LogP contribution in [0.25, 0.3) is 5.65 Å². The second-order valence-corrected chi connectivity index (χ2v) is 3.56. The van der Waals surface area contributed by atoms with Crippen LogP contribution in [0, 0.1) is 0 Å². The van der Waals surface area contributed by atoms with Crippen molar-refractivity contribution in [3.05, 3.63) is 24.0 Å². The molecule has 0 spiro atoms. The lowest BCUT2D eigenvalue weighted by Crippen LogP contribution is -2.08. The van der Waals surface area contributed by atoms with Gasteiger partial charge in [0.2, 0.25) is 0 Å². The second kappa shape index (κ2) is 3.86. The van der Waals surface area contributed by atoms with Crippen molar-refractivity contribution in [1.29, 1.82) is 0 Å². The van der Waals surface area contributed by atoms with Gasteiger partial charge in [0.05, 0.1) is 0 Å². The van der Waals surface area contributed by atoms with Crippen LogP contribution in [0.3, 0.4) is 0 Å². The number of rotatable bonds is 3. The van der Waals surface area contributed by atoms with E-state index in [1.807, 2.05) is 6.07 Å². The molecule has 0 amide bonds. The van der Waals surface area contributed by atoms with Crippen molar-refractivity contribution in [2.75, 3.05) is 0 Å². The summed E-state index contributed by atoms with van der Waals surface area (Å²) in [7, 11) is 0. The van der Waals surface area contributed by atoms with E-state index in [2.05, 4.69) is 28.8 Å². The number of nitrogens with two attached hydrogens (primary N) is 1. The Hall–Kier alpha value is -1.62. The molecule has 5 nitrogen and oxygen atoms in total. The van der Waals surface area contributed by atoms with Crippen molar-refractivity contribution in [3.63, 3.8) is 0 Å². The second-order valence-electron chi connectivity index (χ2n) is 3.56. The molecular weight excluding hydrogens is 192 g/mol. The fourth-order valence-electron chi connectivity index (χ4n) is 1.56. The van der Waals surface area contributed by atoms with E-state index in [9.17, 15) is 0 Å². The third kappa shape index (κ3) is 1.66. The van der Waals surface area contributed by atoms with E-state index < -0.39 is 0 Å². The first kappa shape index (κ1) is 9.92. The molecule has 0 aliphatic rings. The number of fused-ring (bicyclic) bond motifs is 1. The molecule has 1 unspecified atom stereocenters. The van der Waals surface area contributed by atoms with Crippen LogP contribution in [-0.2, 0) is 0 Å². The number of hydrogen-bond donors (Lipinski definition) is 1.